The molecule has 10 heteroatoms. The number of aromatic nitrogens is 3. The third-order valence-corrected chi connectivity index (χ3v) is 5.96. The highest BCUT2D eigenvalue weighted by Crippen LogP contribution is 2.24. The summed E-state index contributed by atoms with van der Waals surface area (Å²) >= 11 is 0. The molecule has 1 amide bonds. The van der Waals surface area contributed by atoms with Crippen molar-refractivity contribution < 1.29 is 17.7 Å². The van der Waals surface area contributed by atoms with E-state index in [9.17, 15) is 13.2 Å². The van der Waals surface area contributed by atoms with Gasteiger partial charge in [-0.3, -0.25) is 9.69 Å². The van der Waals surface area contributed by atoms with E-state index in [0.717, 1.165) is 0 Å². The first-order valence-electron chi connectivity index (χ1n) is 8.13. The summed E-state index contributed by atoms with van der Waals surface area (Å²) in [6.07, 6.45) is 2.76. The second-order valence-corrected chi connectivity index (χ2v) is 7.62. The molecule has 1 aliphatic heterocycles. The van der Waals surface area contributed by atoms with Crippen LogP contribution in [0.1, 0.15) is 31.2 Å². The van der Waals surface area contributed by atoms with Gasteiger partial charge in [-0.2, -0.15) is 9.82 Å². The van der Waals surface area contributed by atoms with Crippen molar-refractivity contribution in [3.05, 3.63) is 23.7 Å². The van der Waals surface area contributed by atoms with E-state index in [4.69, 9.17) is 4.52 Å². The number of nitrogens with zero attached hydrogens (tertiary/aromatic N) is 4. The zero-order chi connectivity index (χ0) is 18.2. The van der Waals surface area contributed by atoms with Crippen molar-refractivity contribution in [1.29, 1.82) is 0 Å². The molecule has 1 saturated heterocycles. The van der Waals surface area contributed by atoms with Crippen LogP contribution in [0.5, 0.6) is 0 Å². The number of amides is 1. The third-order valence-electron chi connectivity index (χ3n) is 4.24. The number of hydrogen-bond donors (Lipinski definition) is 1. The molecule has 9 nitrogen and oxygen atoms in total. The van der Waals surface area contributed by atoms with Crippen molar-refractivity contribution in [3.63, 3.8) is 0 Å². The number of piperidine rings is 1. The van der Waals surface area contributed by atoms with Crippen LogP contribution in [0.15, 0.2) is 21.7 Å². The summed E-state index contributed by atoms with van der Waals surface area (Å²) in [5.74, 6) is 0.597. The van der Waals surface area contributed by atoms with Gasteiger partial charge < -0.3 is 4.52 Å². The van der Waals surface area contributed by atoms with Crippen molar-refractivity contribution in [2.24, 2.45) is 0 Å². The molecule has 0 aromatic carbocycles. The predicted molar refractivity (Wildman–Crippen MR) is 89.6 cm³/mol. The number of anilines is 1. The molecule has 0 aliphatic carbocycles. The van der Waals surface area contributed by atoms with Crippen molar-refractivity contribution in [1.82, 2.24) is 19.7 Å². The summed E-state index contributed by atoms with van der Waals surface area (Å²) in [4.78, 5) is 14.4. The molecule has 1 fully saturated rings. The quantitative estimate of drug-likeness (QED) is 0.843. The van der Waals surface area contributed by atoms with Gasteiger partial charge in [-0.05, 0) is 33.6 Å². The van der Waals surface area contributed by atoms with Gasteiger partial charge in [0, 0.05) is 19.2 Å². The number of nitrogens with one attached hydrogen (secondary N) is 1. The number of hydrogen-bond acceptors (Lipinski definition) is 6. The minimum atomic E-state index is -3.89. The minimum Gasteiger partial charge on any atom is -0.360 e. The molecular weight excluding hydrogens is 346 g/mol. The van der Waals surface area contributed by atoms with Crippen LogP contribution in [0, 0.1) is 13.8 Å². The smallest absolute Gasteiger partial charge is 0.246 e. The Morgan fingerprint density at radius 3 is 2.80 bits per heavy atom. The topological polar surface area (TPSA) is 110 Å². The lowest BCUT2D eigenvalue weighted by Gasteiger charge is -2.32. The summed E-state index contributed by atoms with van der Waals surface area (Å²) in [5.41, 5.74) is 0.272. The summed E-state index contributed by atoms with van der Waals surface area (Å²) in [6.45, 7) is 6.18. The summed E-state index contributed by atoms with van der Waals surface area (Å²) in [6, 6.07) is 0.930. The van der Waals surface area contributed by atoms with Crippen LogP contribution >= 0.6 is 0 Å². The fourth-order valence-corrected chi connectivity index (χ4v) is 4.67. The van der Waals surface area contributed by atoms with Crippen molar-refractivity contribution in [3.8, 4) is 0 Å². The molecule has 3 heterocycles. The molecule has 0 radical (unpaired) electrons. The van der Waals surface area contributed by atoms with Crippen LogP contribution in [-0.2, 0) is 21.4 Å². The monoisotopic (exact) mass is 367 g/mol. The van der Waals surface area contributed by atoms with E-state index < -0.39 is 16.1 Å². The van der Waals surface area contributed by atoms with E-state index in [2.05, 4.69) is 15.0 Å². The maximum absolute atomic E-state index is 12.8. The number of rotatable bonds is 5. The maximum Gasteiger partial charge on any atom is 0.246 e. The Bertz CT molecular complexity index is 866. The lowest BCUT2D eigenvalue weighted by atomic mass is 10.1. The largest absolute Gasteiger partial charge is 0.360 e. The molecule has 2 aromatic rings. The van der Waals surface area contributed by atoms with Crippen LogP contribution in [0.3, 0.4) is 0 Å². The molecule has 25 heavy (non-hydrogen) atoms. The van der Waals surface area contributed by atoms with Crippen LogP contribution in [-0.4, -0.2) is 41.8 Å². The van der Waals surface area contributed by atoms with E-state index in [-0.39, 0.29) is 22.3 Å². The van der Waals surface area contributed by atoms with Gasteiger partial charge in [0.25, 0.3) is 0 Å². The fourth-order valence-electron chi connectivity index (χ4n) is 3.12. The average molecular weight is 367 g/mol. The van der Waals surface area contributed by atoms with Crippen LogP contribution < -0.4 is 9.62 Å². The zero-order valence-electron chi connectivity index (χ0n) is 14.4. The Morgan fingerprint density at radius 1 is 1.40 bits per heavy atom. The highest BCUT2D eigenvalue weighted by molar-refractivity contribution is 7.89. The predicted octanol–water partition coefficient (Wildman–Crippen LogP) is 0.982. The SMILES string of the molecule is CCn1nccc1N1CCCC(NS(=O)(=O)c2c(C)noc2C)C1=O. The Balaban J connectivity index is 1.85. The summed E-state index contributed by atoms with van der Waals surface area (Å²) < 4.78 is 34.5. The van der Waals surface area contributed by atoms with Crippen LogP contribution in [0.25, 0.3) is 0 Å². The molecule has 0 bridgehead atoms. The second kappa shape index (κ2) is 6.60. The van der Waals surface area contributed by atoms with Gasteiger partial charge in [-0.1, -0.05) is 5.16 Å². The molecule has 1 N–H and O–H groups in total. The van der Waals surface area contributed by atoms with E-state index in [0.29, 0.717) is 31.7 Å². The van der Waals surface area contributed by atoms with Crippen molar-refractivity contribution in [2.75, 3.05) is 11.4 Å². The average Bonchev–Trinajstić information content (AvgIpc) is 3.15. The molecule has 136 valence electrons. The lowest BCUT2D eigenvalue weighted by Crippen LogP contribution is -2.53. The van der Waals surface area contributed by atoms with E-state index in [1.54, 1.807) is 28.8 Å². The normalized spacial score (nSPS) is 18.8. The van der Waals surface area contributed by atoms with Gasteiger partial charge in [0.15, 0.2) is 5.76 Å². The van der Waals surface area contributed by atoms with Crippen LogP contribution in [0.4, 0.5) is 5.82 Å². The molecule has 2 aromatic heterocycles. The number of sulfonamides is 1. The first-order chi connectivity index (χ1) is 11.8. The maximum atomic E-state index is 12.8. The Labute approximate surface area is 146 Å². The summed E-state index contributed by atoms with van der Waals surface area (Å²) in [7, 11) is -3.89. The molecular formula is C15H21N5O4S. The van der Waals surface area contributed by atoms with Crippen molar-refractivity contribution >= 4 is 21.7 Å². The Morgan fingerprint density at radius 2 is 2.16 bits per heavy atom. The van der Waals surface area contributed by atoms with E-state index in [1.807, 2.05) is 6.92 Å². The highest BCUT2D eigenvalue weighted by Gasteiger charge is 2.36. The van der Waals surface area contributed by atoms with Gasteiger partial charge in [-0.15, -0.1) is 0 Å². The Hall–Kier alpha value is -2.20. The molecule has 1 atom stereocenters. The number of aryl methyl sites for hydroxylation is 3. The van der Waals surface area contributed by atoms with Gasteiger partial charge in [0.2, 0.25) is 15.9 Å². The number of carbonyl (C=O) groups excluding carboxylic acids is 1. The minimum absolute atomic E-state index is 0.00368. The first kappa shape index (κ1) is 17.6. The third kappa shape index (κ3) is 3.19. The van der Waals surface area contributed by atoms with Gasteiger partial charge >= 0.3 is 0 Å². The van der Waals surface area contributed by atoms with Crippen LogP contribution in [0.2, 0.25) is 0 Å². The molecule has 1 aliphatic rings. The zero-order valence-corrected chi connectivity index (χ0v) is 15.2. The molecule has 1 unspecified atom stereocenters. The van der Waals surface area contributed by atoms with Gasteiger partial charge in [0.1, 0.15) is 22.4 Å². The lowest BCUT2D eigenvalue weighted by molar-refractivity contribution is -0.121. The van der Waals surface area contributed by atoms with Crippen molar-refractivity contribution in [2.45, 2.75) is 51.1 Å². The molecule has 0 spiro atoms. The second-order valence-electron chi connectivity index (χ2n) is 5.96. The molecule has 0 saturated carbocycles. The van der Waals surface area contributed by atoms with Gasteiger partial charge in [0.05, 0.1) is 6.20 Å². The summed E-state index contributed by atoms with van der Waals surface area (Å²) in [5, 5.41) is 7.84. The van der Waals surface area contributed by atoms with Gasteiger partial charge in [-0.25, -0.2) is 13.1 Å². The number of carbonyl (C=O) groups is 1. The Kier molecular flexibility index (Phi) is 4.65. The molecule has 3 rings (SSSR count). The fraction of sp³-hybridized carbons (Fsp3) is 0.533. The van der Waals surface area contributed by atoms with E-state index in [1.165, 1.54) is 6.92 Å². The first-order valence-corrected chi connectivity index (χ1v) is 9.62. The standard InChI is InChI=1S/C15H21N5O4S/c1-4-20-13(7-8-16-20)19-9-5-6-12(15(19)21)18-25(22,23)14-10(2)17-24-11(14)3/h7-8,12,18H,4-6,9H2,1-3H3. The van der Waals surface area contributed by atoms with E-state index >= 15 is 0 Å². The highest BCUT2D eigenvalue weighted by atomic mass is 32.2.